The Morgan fingerprint density at radius 3 is 2.50 bits per heavy atom. The number of rotatable bonds is 3. The van der Waals surface area contributed by atoms with E-state index < -0.39 is 5.82 Å². The fraction of sp³-hybridized carbons (Fsp3) is 0.0769. The van der Waals surface area contributed by atoms with Crippen LogP contribution in [0.25, 0.3) is 0 Å². The van der Waals surface area contributed by atoms with Crippen molar-refractivity contribution in [3.8, 4) is 5.75 Å². The van der Waals surface area contributed by atoms with E-state index in [0.717, 1.165) is 4.47 Å². The molecule has 0 spiro atoms. The molecule has 2 aromatic rings. The number of hydrogen-bond acceptors (Lipinski definition) is 2. The molecule has 2 aromatic carbocycles. The Morgan fingerprint density at radius 2 is 1.72 bits per heavy atom. The highest BCUT2D eigenvalue weighted by atomic mass is 79.9. The molecule has 18 heavy (non-hydrogen) atoms. The summed E-state index contributed by atoms with van der Waals surface area (Å²) in [6.07, 6.45) is 0. The molecule has 0 aliphatic carbocycles. The molecule has 2 rings (SSSR count). The van der Waals surface area contributed by atoms with E-state index in [0.29, 0.717) is 11.3 Å². The molecule has 0 bridgehead atoms. The van der Waals surface area contributed by atoms with Crippen molar-refractivity contribution in [1.29, 1.82) is 0 Å². The second kappa shape index (κ2) is 5.35. The normalized spacial score (nSPS) is 10.4. The van der Waals surface area contributed by atoms with Crippen LogP contribution in [-0.4, -0.2) is 0 Å². The number of halogens is 3. The number of nitrogen functional groups attached to an aromatic ring is 1. The summed E-state index contributed by atoms with van der Waals surface area (Å²) in [4.78, 5) is 0. The van der Waals surface area contributed by atoms with Crippen molar-refractivity contribution in [3.05, 3.63) is 58.1 Å². The van der Waals surface area contributed by atoms with Gasteiger partial charge in [0.15, 0.2) is 0 Å². The molecular formula is C13H10BrF2NO. The molecule has 0 radical (unpaired) electrons. The molecule has 0 aliphatic heterocycles. The van der Waals surface area contributed by atoms with Crippen LogP contribution in [0.2, 0.25) is 0 Å². The van der Waals surface area contributed by atoms with Gasteiger partial charge in [-0.3, -0.25) is 0 Å². The number of hydrogen-bond donors (Lipinski definition) is 1. The molecule has 0 fully saturated rings. The van der Waals surface area contributed by atoms with E-state index in [2.05, 4.69) is 15.9 Å². The van der Waals surface area contributed by atoms with Gasteiger partial charge in [0.05, 0.1) is 5.69 Å². The third kappa shape index (κ3) is 2.98. The summed E-state index contributed by atoms with van der Waals surface area (Å²) in [5, 5.41) is 0. The lowest BCUT2D eigenvalue weighted by molar-refractivity contribution is 0.305. The summed E-state index contributed by atoms with van der Waals surface area (Å²) in [6.45, 7) is 0.103. The van der Waals surface area contributed by atoms with Gasteiger partial charge in [-0.1, -0.05) is 15.9 Å². The topological polar surface area (TPSA) is 35.2 Å². The zero-order valence-electron chi connectivity index (χ0n) is 9.29. The predicted molar refractivity (Wildman–Crippen MR) is 69.2 cm³/mol. The molecule has 5 heteroatoms. The van der Waals surface area contributed by atoms with Crippen LogP contribution < -0.4 is 10.5 Å². The van der Waals surface area contributed by atoms with E-state index in [1.54, 1.807) is 6.07 Å². The van der Waals surface area contributed by atoms with E-state index in [4.69, 9.17) is 10.5 Å². The summed E-state index contributed by atoms with van der Waals surface area (Å²) in [6, 6.07) is 8.14. The monoisotopic (exact) mass is 313 g/mol. The third-order valence-corrected chi connectivity index (χ3v) is 3.14. The zero-order chi connectivity index (χ0) is 13.1. The fourth-order valence-corrected chi connectivity index (χ4v) is 1.80. The van der Waals surface area contributed by atoms with Gasteiger partial charge in [-0.15, -0.1) is 0 Å². The summed E-state index contributed by atoms with van der Waals surface area (Å²) in [5.74, 6) is -0.548. The molecule has 0 atom stereocenters. The molecule has 0 aliphatic rings. The van der Waals surface area contributed by atoms with Gasteiger partial charge in [0, 0.05) is 16.1 Å². The van der Waals surface area contributed by atoms with Crippen molar-refractivity contribution in [2.45, 2.75) is 6.61 Å². The smallest absolute Gasteiger partial charge is 0.145 e. The van der Waals surface area contributed by atoms with Gasteiger partial charge in [-0.05, 0) is 30.3 Å². The van der Waals surface area contributed by atoms with Crippen LogP contribution in [0.1, 0.15) is 5.56 Å². The molecule has 2 N–H and O–H groups in total. The second-order valence-electron chi connectivity index (χ2n) is 3.71. The first kappa shape index (κ1) is 12.8. The highest BCUT2D eigenvalue weighted by molar-refractivity contribution is 9.10. The van der Waals surface area contributed by atoms with Crippen LogP contribution in [-0.2, 0) is 6.61 Å². The number of anilines is 1. The second-order valence-corrected chi connectivity index (χ2v) is 4.56. The molecular weight excluding hydrogens is 304 g/mol. The lowest BCUT2D eigenvalue weighted by Crippen LogP contribution is -2.00. The maximum atomic E-state index is 13.1. The standard InChI is InChI=1S/C13H10BrF2NO/c14-11-3-1-9(15)5-8(11)7-18-13-6-10(16)2-4-12(13)17/h1-6H,7,17H2. The van der Waals surface area contributed by atoms with Gasteiger partial charge in [-0.25, -0.2) is 8.78 Å². The number of benzene rings is 2. The average molecular weight is 314 g/mol. The number of nitrogens with two attached hydrogens (primary N) is 1. The third-order valence-electron chi connectivity index (χ3n) is 2.37. The van der Waals surface area contributed by atoms with Crippen molar-refractivity contribution in [2.24, 2.45) is 0 Å². The molecule has 0 saturated carbocycles. The maximum Gasteiger partial charge on any atom is 0.145 e. The summed E-state index contributed by atoms with van der Waals surface area (Å²) in [7, 11) is 0. The Labute approximate surface area is 112 Å². The average Bonchev–Trinajstić information content (AvgIpc) is 2.34. The minimum absolute atomic E-state index is 0.103. The van der Waals surface area contributed by atoms with Crippen molar-refractivity contribution < 1.29 is 13.5 Å². The van der Waals surface area contributed by atoms with E-state index >= 15 is 0 Å². The molecule has 0 amide bonds. The summed E-state index contributed by atoms with van der Waals surface area (Å²) < 4.78 is 32.2. The van der Waals surface area contributed by atoms with Gasteiger partial charge >= 0.3 is 0 Å². The SMILES string of the molecule is Nc1ccc(F)cc1OCc1cc(F)ccc1Br. The highest BCUT2D eigenvalue weighted by Gasteiger charge is 2.06. The summed E-state index contributed by atoms with van der Waals surface area (Å²) >= 11 is 3.28. The Balaban J connectivity index is 2.16. The van der Waals surface area contributed by atoms with Crippen molar-refractivity contribution >= 4 is 21.6 Å². The van der Waals surface area contributed by atoms with Crippen LogP contribution in [0.3, 0.4) is 0 Å². The molecule has 94 valence electrons. The highest BCUT2D eigenvalue weighted by Crippen LogP contribution is 2.25. The minimum atomic E-state index is -0.433. The summed E-state index contributed by atoms with van der Waals surface area (Å²) in [5.41, 5.74) is 6.60. The van der Waals surface area contributed by atoms with Crippen LogP contribution in [0, 0.1) is 11.6 Å². The predicted octanol–water partition coefficient (Wildman–Crippen LogP) is 3.89. The van der Waals surface area contributed by atoms with Crippen molar-refractivity contribution in [1.82, 2.24) is 0 Å². The first-order chi connectivity index (χ1) is 8.56. The van der Waals surface area contributed by atoms with Crippen LogP contribution in [0.5, 0.6) is 5.75 Å². The van der Waals surface area contributed by atoms with Crippen LogP contribution >= 0.6 is 15.9 Å². The van der Waals surface area contributed by atoms with Gasteiger partial charge in [0.2, 0.25) is 0 Å². The van der Waals surface area contributed by atoms with E-state index in [1.807, 2.05) is 0 Å². The largest absolute Gasteiger partial charge is 0.487 e. The Hall–Kier alpha value is -1.62. The van der Waals surface area contributed by atoms with E-state index in [1.165, 1.54) is 30.3 Å². The van der Waals surface area contributed by atoms with Crippen LogP contribution in [0.4, 0.5) is 14.5 Å². The molecule has 0 unspecified atom stereocenters. The lowest BCUT2D eigenvalue weighted by Gasteiger charge is -2.10. The van der Waals surface area contributed by atoms with E-state index in [9.17, 15) is 8.78 Å². The Morgan fingerprint density at radius 1 is 1.06 bits per heavy atom. The van der Waals surface area contributed by atoms with Crippen LogP contribution in [0.15, 0.2) is 40.9 Å². The van der Waals surface area contributed by atoms with E-state index in [-0.39, 0.29) is 18.2 Å². The molecule has 2 nitrogen and oxygen atoms in total. The van der Waals surface area contributed by atoms with Gasteiger partial charge in [0.1, 0.15) is 24.0 Å². The fourth-order valence-electron chi connectivity index (χ4n) is 1.44. The number of ether oxygens (including phenoxy) is 1. The zero-order valence-corrected chi connectivity index (χ0v) is 10.9. The maximum absolute atomic E-state index is 13.1. The van der Waals surface area contributed by atoms with Gasteiger partial charge < -0.3 is 10.5 Å². The molecule has 0 heterocycles. The first-order valence-electron chi connectivity index (χ1n) is 5.18. The molecule has 0 aromatic heterocycles. The van der Waals surface area contributed by atoms with Crippen molar-refractivity contribution in [2.75, 3.05) is 5.73 Å². The quantitative estimate of drug-likeness (QED) is 0.873. The molecule has 0 saturated heterocycles. The minimum Gasteiger partial charge on any atom is -0.487 e. The van der Waals surface area contributed by atoms with Crippen molar-refractivity contribution in [3.63, 3.8) is 0 Å². The van der Waals surface area contributed by atoms with Gasteiger partial charge in [0.25, 0.3) is 0 Å². The Bertz CT molecular complexity index is 523. The Kier molecular flexibility index (Phi) is 3.81. The van der Waals surface area contributed by atoms with Gasteiger partial charge in [-0.2, -0.15) is 0 Å². The first-order valence-corrected chi connectivity index (χ1v) is 5.97. The lowest BCUT2D eigenvalue weighted by atomic mass is 10.2.